The van der Waals surface area contributed by atoms with E-state index in [1.807, 2.05) is 38.1 Å². The minimum absolute atomic E-state index is 0. The van der Waals surface area contributed by atoms with Crippen molar-refractivity contribution in [2.45, 2.75) is 39.7 Å². The van der Waals surface area contributed by atoms with E-state index < -0.39 is 0 Å². The average molecular weight is 484 g/mol. The lowest BCUT2D eigenvalue weighted by Gasteiger charge is -2.15. The predicted molar refractivity (Wildman–Crippen MR) is 117 cm³/mol. The summed E-state index contributed by atoms with van der Waals surface area (Å²) in [6, 6.07) is 7.41. The average Bonchev–Trinajstić information content (AvgIpc) is 2.55. The summed E-state index contributed by atoms with van der Waals surface area (Å²) in [7, 11) is 0. The van der Waals surface area contributed by atoms with Gasteiger partial charge in [0.25, 0.3) is 0 Å². The monoisotopic (exact) mass is 483 g/mol. The maximum atomic E-state index is 5.96. The fraction of sp³-hybridized carbons (Fsp3) is 0.611. The maximum Gasteiger partial charge on any atom is 0.191 e. The number of benzene rings is 1. The minimum atomic E-state index is -0.0307. The van der Waals surface area contributed by atoms with Gasteiger partial charge in [-0.25, -0.2) is 4.99 Å². The van der Waals surface area contributed by atoms with E-state index in [-0.39, 0.29) is 30.1 Å². The largest absolute Gasteiger partial charge is 0.489 e. The Morgan fingerprint density at radius 3 is 2.72 bits per heavy atom. The third-order valence-electron chi connectivity index (χ3n) is 3.20. The number of halogens is 2. The van der Waals surface area contributed by atoms with E-state index in [9.17, 15) is 0 Å². The van der Waals surface area contributed by atoms with Crippen LogP contribution < -0.4 is 15.4 Å². The van der Waals surface area contributed by atoms with Crippen molar-refractivity contribution >= 4 is 41.5 Å². The van der Waals surface area contributed by atoms with Gasteiger partial charge in [-0.1, -0.05) is 17.7 Å². The van der Waals surface area contributed by atoms with E-state index in [2.05, 4.69) is 22.5 Å². The molecule has 25 heavy (non-hydrogen) atoms. The SMILES string of the molecule is CCNC(=NCC(C)Oc1cccc(Cl)c1)NCCCCOCC.I. The molecule has 0 radical (unpaired) electrons. The van der Waals surface area contributed by atoms with Crippen molar-refractivity contribution < 1.29 is 9.47 Å². The molecule has 0 saturated carbocycles. The zero-order valence-corrected chi connectivity index (χ0v) is 18.5. The van der Waals surface area contributed by atoms with Crippen molar-refractivity contribution in [1.82, 2.24) is 10.6 Å². The van der Waals surface area contributed by atoms with Gasteiger partial charge in [0.1, 0.15) is 11.9 Å². The van der Waals surface area contributed by atoms with Gasteiger partial charge >= 0.3 is 0 Å². The number of unbranched alkanes of at least 4 members (excludes halogenated alkanes) is 1. The van der Waals surface area contributed by atoms with E-state index in [0.717, 1.165) is 50.9 Å². The van der Waals surface area contributed by atoms with Crippen LogP contribution in [0.3, 0.4) is 0 Å². The van der Waals surface area contributed by atoms with Crippen molar-refractivity contribution in [2.24, 2.45) is 4.99 Å². The van der Waals surface area contributed by atoms with Crippen molar-refractivity contribution in [3.63, 3.8) is 0 Å². The molecular weight excluding hydrogens is 453 g/mol. The molecule has 0 saturated heterocycles. The molecule has 0 spiro atoms. The lowest BCUT2D eigenvalue weighted by atomic mass is 10.3. The minimum Gasteiger partial charge on any atom is -0.489 e. The fourth-order valence-electron chi connectivity index (χ4n) is 2.05. The first-order valence-corrected chi connectivity index (χ1v) is 9.05. The number of hydrogen-bond acceptors (Lipinski definition) is 3. The zero-order chi connectivity index (χ0) is 17.6. The summed E-state index contributed by atoms with van der Waals surface area (Å²) in [5.41, 5.74) is 0. The van der Waals surface area contributed by atoms with E-state index in [0.29, 0.717) is 11.6 Å². The summed E-state index contributed by atoms with van der Waals surface area (Å²) in [6.07, 6.45) is 2.07. The van der Waals surface area contributed by atoms with Crippen LogP contribution in [0, 0.1) is 0 Å². The molecule has 0 aliphatic carbocycles. The Morgan fingerprint density at radius 1 is 1.24 bits per heavy atom. The molecule has 1 aromatic carbocycles. The van der Waals surface area contributed by atoms with Crippen LogP contribution in [-0.2, 0) is 4.74 Å². The molecule has 1 atom stereocenters. The van der Waals surface area contributed by atoms with Crippen LogP contribution in [0.5, 0.6) is 5.75 Å². The lowest BCUT2D eigenvalue weighted by molar-refractivity contribution is 0.143. The number of ether oxygens (including phenoxy) is 2. The molecule has 0 aliphatic rings. The van der Waals surface area contributed by atoms with Crippen LogP contribution in [0.2, 0.25) is 5.02 Å². The first-order chi connectivity index (χ1) is 11.7. The molecule has 0 amide bonds. The Kier molecular flexibility index (Phi) is 15.1. The number of hydrogen-bond donors (Lipinski definition) is 2. The van der Waals surface area contributed by atoms with Crippen LogP contribution in [0.4, 0.5) is 0 Å². The normalized spacial score (nSPS) is 12.2. The highest BCUT2D eigenvalue weighted by Gasteiger charge is 2.05. The molecule has 2 N–H and O–H groups in total. The molecule has 0 aliphatic heterocycles. The smallest absolute Gasteiger partial charge is 0.191 e. The van der Waals surface area contributed by atoms with Crippen LogP contribution in [0.15, 0.2) is 29.3 Å². The Bertz CT molecular complexity index is 489. The van der Waals surface area contributed by atoms with Gasteiger partial charge in [0.15, 0.2) is 5.96 Å². The molecule has 1 unspecified atom stereocenters. The number of guanidine groups is 1. The second-order valence-electron chi connectivity index (χ2n) is 5.44. The summed E-state index contributed by atoms with van der Waals surface area (Å²) in [6.45, 7) is 9.94. The van der Waals surface area contributed by atoms with E-state index in [4.69, 9.17) is 21.1 Å². The standard InChI is InChI=1S/C18H30ClN3O2.HI/c1-4-20-18(21-11-6-7-12-23-5-2)22-14-15(3)24-17-10-8-9-16(19)13-17;/h8-10,13,15H,4-7,11-12,14H2,1-3H3,(H2,20,21,22);1H. The highest BCUT2D eigenvalue weighted by atomic mass is 127. The van der Waals surface area contributed by atoms with Gasteiger partial charge in [0, 0.05) is 31.3 Å². The van der Waals surface area contributed by atoms with Crippen LogP contribution in [-0.4, -0.2) is 44.9 Å². The van der Waals surface area contributed by atoms with Crippen molar-refractivity contribution in [2.75, 3.05) is 32.8 Å². The van der Waals surface area contributed by atoms with Crippen LogP contribution >= 0.6 is 35.6 Å². The molecule has 0 fully saturated rings. The maximum absolute atomic E-state index is 5.96. The predicted octanol–water partition coefficient (Wildman–Crippen LogP) is 4.10. The highest BCUT2D eigenvalue weighted by Crippen LogP contribution is 2.18. The van der Waals surface area contributed by atoms with Gasteiger partial charge in [-0.3, -0.25) is 0 Å². The van der Waals surface area contributed by atoms with Crippen LogP contribution in [0.25, 0.3) is 0 Å². The topological polar surface area (TPSA) is 54.9 Å². The van der Waals surface area contributed by atoms with E-state index in [1.165, 1.54) is 0 Å². The molecule has 0 heterocycles. The van der Waals surface area contributed by atoms with Gasteiger partial charge in [0.05, 0.1) is 6.54 Å². The zero-order valence-electron chi connectivity index (χ0n) is 15.4. The summed E-state index contributed by atoms with van der Waals surface area (Å²) >= 11 is 5.96. The highest BCUT2D eigenvalue weighted by molar-refractivity contribution is 14.0. The third kappa shape index (κ3) is 12.3. The fourth-order valence-corrected chi connectivity index (χ4v) is 2.23. The molecule has 0 bridgehead atoms. The summed E-state index contributed by atoms with van der Waals surface area (Å²) in [4.78, 5) is 4.57. The Morgan fingerprint density at radius 2 is 2.04 bits per heavy atom. The Balaban J connectivity index is 0.00000576. The summed E-state index contributed by atoms with van der Waals surface area (Å²) < 4.78 is 11.2. The molecule has 5 nitrogen and oxygen atoms in total. The van der Waals surface area contributed by atoms with E-state index in [1.54, 1.807) is 0 Å². The Hall–Kier alpha value is -0.730. The quantitative estimate of drug-likeness (QED) is 0.215. The molecular formula is C18H31ClIN3O2. The molecule has 0 aromatic heterocycles. The molecule has 144 valence electrons. The molecule has 1 aromatic rings. The Labute approximate surface area is 173 Å². The van der Waals surface area contributed by atoms with Gasteiger partial charge < -0.3 is 20.1 Å². The number of rotatable bonds is 11. The van der Waals surface area contributed by atoms with Crippen LogP contribution in [0.1, 0.15) is 33.6 Å². The first kappa shape index (κ1) is 24.3. The number of nitrogens with zero attached hydrogens (tertiary/aromatic N) is 1. The van der Waals surface area contributed by atoms with Gasteiger partial charge in [-0.05, 0) is 51.8 Å². The number of nitrogens with one attached hydrogen (secondary N) is 2. The number of aliphatic imine (C=N–C) groups is 1. The van der Waals surface area contributed by atoms with Crippen molar-refractivity contribution in [1.29, 1.82) is 0 Å². The first-order valence-electron chi connectivity index (χ1n) is 8.67. The van der Waals surface area contributed by atoms with Crippen molar-refractivity contribution in [3.8, 4) is 5.75 Å². The van der Waals surface area contributed by atoms with Gasteiger partial charge in [0.2, 0.25) is 0 Å². The lowest BCUT2D eigenvalue weighted by Crippen LogP contribution is -2.38. The van der Waals surface area contributed by atoms with Gasteiger partial charge in [-0.15, -0.1) is 24.0 Å². The van der Waals surface area contributed by atoms with E-state index >= 15 is 0 Å². The summed E-state index contributed by atoms with van der Waals surface area (Å²) in [5, 5.41) is 7.25. The van der Waals surface area contributed by atoms with Gasteiger partial charge in [-0.2, -0.15) is 0 Å². The second kappa shape index (κ2) is 15.5. The molecule has 1 rings (SSSR count). The third-order valence-corrected chi connectivity index (χ3v) is 3.43. The van der Waals surface area contributed by atoms with Crippen molar-refractivity contribution in [3.05, 3.63) is 29.3 Å². The second-order valence-corrected chi connectivity index (χ2v) is 5.87. The molecule has 7 heteroatoms. The summed E-state index contributed by atoms with van der Waals surface area (Å²) in [5.74, 6) is 1.58.